The second kappa shape index (κ2) is 5.53. The maximum atomic E-state index is 14.3. The van der Waals surface area contributed by atoms with Crippen LogP contribution >= 0.6 is 15.9 Å². The van der Waals surface area contributed by atoms with E-state index in [1.54, 1.807) is 0 Å². The van der Waals surface area contributed by atoms with E-state index in [9.17, 15) is 23.5 Å². The summed E-state index contributed by atoms with van der Waals surface area (Å²) < 4.78 is 28.5. The summed E-state index contributed by atoms with van der Waals surface area (Å²) in [4.78, 5) is 23.1. The third-order valence-corrected chi connectivity index (χ3v) is 3.85. The molecule has 0 unspecified atom stereocenters. The van der Waals surface area contributed by atoms with Crippen molar-refractivity contribution in [2.45, 2.75) is 13.0 Å². The van der Waals surface area contributed by atoms with E-state index in [1.807, 2.05) is 0 Å². The van der Waals surface area contributed by atoms with Crippen LogP contribution in [0.5, 0.6) is 0 Å². The van der Waals surface area contributed by atoms with Crippen molar-refractivity contribution in [2.24, 2.45) is 0 Å². The summed E-state index contributed by atoms with van der Waals surface area (Å²) >= 11 is 2.73. The van der Waals surface area contributed by atoms with Gasteiger partial charge in [-0.15, -0.1) is 0 Å². The summed E-state index contributed by atoms with van der Waals surface area (Å²) in [6, 6.07) is 0.0794. The first-order chi connectivity index (χ1) is 9.79. The molecule has 5 nitrogen and oxygen atoms in total. The molecular weight excluding hydrogens is 352 g/mol. The first-order valence-electron chi connectivity index (χ1n) is 5.86. The van der Waals surface area contributed by atoms with Gasteiger partial charge in [0.05, 0.1) is 28.0 Å². The highest BCUT2D eigenvalue weighted by atomic mass is 79.9. The van der Waals surface area contributed by atoms with Crippen LogP contribution in [0.4, 0.5) is 8.78 Å². The molecule has 0 spiro atoms. The fourth-order valence-electron chi connectivity index (χ4n) is 2.01. The number of nitrogens with zero attached hydrogens (tertiary/aromatic N) is 1. The third-order valence-electron chi connectivity index (χ3n) is 3.12. The number of benzene rings is 1. The molecule has 0 aliphatic rings. The van der Waals surface area contributed by atoms with Gasteiger partial charge in [-0.2, -0.15) is 0 Å². The minimum absolute atomic E-state index is 0.264. The number of fused-ring (bicyclic) bond motifs is 1. The van der Waals surface area contributed by atoms with Crippen LogP contribution in [0, 0.1) is 11.6 Å². The predicted octanol–water partition coefficient (Wildman–Crippen LogP) is 2.29. The molecule has 21 heavy (non-hydrogen) atoms. The number of carboxylic acid groups (broad SMARTS) is 1. The molecule has 2 N–H and O–H groups in total. The highest BCUT2D eigenvalue weighted by Crippen LogP contribution is 2.28. The molecule has 0 radical (unpaired) electrons. The van der Waals surface area contributed by atoms with Crippen LogP contribution in [-0.4, -0.2) is 27.4 Å². The van der Waals surface area contributed by atoms with Crippen LogP contribution in [0.2, 0.25) is 0 Å². The average molecular weight is 362 g/mol. The van der Waals surface area contributed by atoms with Gasteiger partial charge in [-0.1, -0.05) is 0 Å². The molecule has 2 aromatic rings. The molecule has 0 saturated heterocycles. The third kappa shape index (κ3) is 2.44. The van der Waals surface area contributed by atoms with Crippen LogP contribution in [0.25, 0.3) is 10.9 Å². The van der Waals surface area contributed by atoms with Crippen LogP contribution < -0.4 is 5.43 Å². The molecule has 1 heterocycles. The largest absolute Gasteiger partial charge is 0.477 e. The topological polar surface area (TPSA) is 79.5 Å². The number of aromatic nitrogens is 1. The predicted molar refractivity (Wildman–Crippen MR) is 74.6 cm³/mol. The Kier molecular flexibility index (Phi) is 4.11. The van der Waals surface area contributed by atoms with Crippen molar-refractivity contribution in [1.82, 2.24) is 4.57 Å². The standard InChI is InChI=1S/C13H10BrF2NO4/c1-5(4-18)17-3-7(13(20)21)12(19)6-2-8(15)9(14)10(16)11(6)17/h2-3,5,18H,4H2,1H3,(H,20,21)/t5-/m0/s1. The van der Waals surface area contributed by atoms with Gasteiger partial charge in [0.2, 0.25) is 5.43 Å². The Bertz CT molecular complexity index is 803. The first-order valence-corrected chi connectivity index (χ1v) is 6.65. The summed E-state index contributed by atoms with van der Waals surface area (Å²) in [5.74, 6) is -3.55. The number of aromatic carboxylic acids is 1. The molecule has 1 aromatic carbocycles. The number of halogens is 3. The second-order valence-corrected chi connectivity index (χ2v) is 5.29. The Morgan fingerprint density at radius 2 is 2.10 bits per heavy atom. The normalized spacial score (nSPS) is 12.6. The quantitative estimate of drug-likeness (QED) is 0.822. The molecule has 2 rings (SSSR count). The highest BCUT2D eigenvalue weighted by Gasteiger charge is 2.22. The zero-order valence-corrected chi connectivity index (χ0v) is 12.3. The van der Waals surface area contributed by atoms with E-state index < -0.39 is 51.1 Å². The number of hydrogen-bond donors (Lipinski definition) is 2. The highest BCUT2D eigenvalue weighted by molar-refractivity contribution is 9.10. The zero-order valence-electron chi connectivity index (χ0n) is 10.7. The number of aliphatic hydroxyl groups excluding tert-OH is 1. The van der Waals surface area contributed by atoms with Crippen LogP contribution in [0.1, 0.15) is 23.3 Å². The van der Waals surface area contributed by atoms with E-state index >= 15 is 0 Å². The van der Waals surface area contributed by atoms with Gasteiger partial charge in [-0.25, -0.2) is 13.6 Å². The van der Waals surface area contributed by atoms with Gasteiger partial charge in [0, 0.05) is 6.20 Å². The molecule has 8 heteroatoms. The molecule has 0 bridgehead atoms. The Balaban J connectivity index is 3.07. The van der Waals surface area contributed by atoms with Crippen molar-refractivity contribution < 1.29 is 23.8 Å². The van der Waals surface area contributed by atoms with Crippen LogP contribution in [0.15, 0.2) is 21.5 Å². The minimum Gasteiger partial charge on any atom is -0.477 e. The summed E-state index contributed by atoms with van der Waals surface area (Å²) in [7, 11) is 0. The summed E-state index contributed by atoms with van der Waals surface area (Å²) in [6.45, 7) is 1.09. The number of carboxylic acids is 1. The zero-order chi connectivity index (χ0) is 15.9. The van der Waals surface area contributed by atoms with Crippen LogP contribution in [0.3, 0.4) is 0 Å². The maximum Gasteiger partial charge on any atom is 0.341 e. The molecule has 0 saturated carbocycles. The van der Waals surface area contributed by atoms with Gasteiger partial charge < -0.3 is 14.8 Å². The summed E-state index contributed by atoms with van der Waals surface area (Å²) in [5.41, 5.74) is -1.87. The van der Waals surface area contributed by atoms with Crippen LogP contribution in [-0.2, 0) is 0 Å². The SMILES string of the molecule is C[C@@H](CO)n1cc(C(=O)O)c(=O)c2cc(F)c(Br)c(F)c21. The van der Waals surface area contributed by atoms with E-state index in [-0.39, 0.29) is 5.52 Å². The monoisotopic (exact) mass is 361 g/mol. The second-order valence-electron chi connectivity index (χ2n) is 4.50. The smallest absolute Gasteiger partial charge is 0.341 e. The number of pyridine rings is 1. The molecule has 1 aromatic heterocycles. The van der Waals surface area contributed by atoms with Crippen molar-refractivity contribution in [3.63, 3.8) is 0 Å². The van der Waals surface area contributed by atoms with Gasteiger partial charge >= 0.3 is 5.97 Å². The van der Waals surface area contributed by atoms with Gasteiger partial charge in [0.25, 0.3) is 0 Å². The first kappa shape index (κ1) is 15.6. The number of rotatable bonds is 3. The van der Waals surface area contributed by atoms with Gasteiger partial charge in [-0.3, -0.25) is 4.79 Å². The average Bonchev–Trinajstić information content (AvgIpc) is 2.44. The lowest BCUT2D eigenvalue weighted by molar-refractivity contribution is 0.0694. The molecule has 0 aliphatic carbocycles. The minimum atomic E-state index is -1.51. The van der Waals surface area contributed by atoms with E-state index in [4.69, 9.17) is 5.11 Å². The lowest BCUT2D eigenvalue weighted by atomic mass is 10.1. The summed E-state index contributed by atoms with van der Waals surface area (Å²) in [5, 5.41) is 17.8. The van der Waals surface area contributed by atoms with Gasteiger partial charge in [0.1, 0.15) is 11.4 Å². The molecule has 112 valence electrons. The van der Waals surface area contributed by atoms with Crippen molar-refractivity contribution in [3.05, 3.63) is 44.2 Å². The number of hydrogen-bond acceptors (Lipinski definition) is 3. The van der Waals surface area contributed by atoms with E-state index in [2.05, 4.69) is 15.9 Å². The molecule has 1 atom stereocenters. The van der Waals surface area contributed by atoms with Crippen molar-refractivity contribution in [2.75, 3.05) is 6.61 Å². The van der Waals surface area contributed by atoms with Crippen molar-refractivity contribution in [3.8, 4) is 0 Å². The lowest BCUT2D eigenvalue weighted by Gasteiger charge is -2.18. The number of aliphatic hydroxyl groups is 1. The fraction of sp³-hybridized carbons (Fsp3) is 0.231. The number of carbonyl (C=O) groups is 1. The van der Waals surface area contributed by atoms with Gasteiger partial charge in [0.15, 0.2) is 5.82 Å². The maximum absolute atomic E-state index is 14.3. The Morgan fingerprint density at radius 3 is 2.62 bits per heavy atom. The fourth-order valence-corrected chi connectivity index (χ4v) is 2.31. The van der Waals surface area contributed by atoms with E-state index in [1.165, 1.54) is 6.92 Å². The molecular formula is C13H10BrF2NO4. The Labute approximate surface area is 125 Å². The molecule has 0 fully saturated rings. The van der Waals surface area contributed by atoms with Gasteiger partial charge in [-0.05, 0) is 28.9 Å². The van der Waals surface area contributed by atoms with Crippen molar-refractivity contribution >= 4 is 32.8 Å². The Hall–Kier alpha value is -1.80. The summed E-state index contributed by atoms with van der Waals surface area (Å²) in [6.07, 6.45) is 0.946. The Morgan fingerprint density at radius 1 is 1.48 bits per heavy atom. The lowest BCUT2D eigenvalue weighted by Crippen LogP contribution is -2.22. The van der Waals surface area contributed by atoms with E-state index in [0.717, 1.165) is 16.8 Å². The molecule has 0 amide bonds. The van der Waals surface area contributed by atoms with Crippen molar-refractivity contribution in [1.29, 1.82) is 0 Å². The van der Waals surface area contributed by atoms with E-state index in [0.29, 0.717) is 0 Å². The molecule has 0 aliphatic heterocycles.